The Hall–Kier alpha value is -2.55. The summed E-state index contributed by atoms with van der Waals surface area (Å²) in [7, 11) is 1.47. The third kappa shape index (κ3) is 48.7. The molecule has 0 aromatic rings. The highest BCUT2D eigenvalue weighted by Gasteiger charge is 2.27. The zero-order valence-electron chi connectivity index (χ0n) is 41.0. The van der Waals surface area contributed by atoms with Gasteiger partial charge in [-0.25, -0.2) is 4.57 Å². The van der Waals surface area contributed by atoms with Crippen molar-refractivity contribution in [3.05, 3.63) is 72.9 Å². The van der Waals surface area contributed by atoms with Crippen molar-refractivity contribution in [1.29, 1.82) is 0 Å². The summed E-state index contributed by atoms with van der Waals surface area (Å²) in [6, 6.07) is 0. The molecule has 0 amide bonds. The largest absolute Gasteiger partial charge is 0.472 e. The summed E-state index contributed by atoms with van der Waals surface area (Å²) in [6.07, 6.45) is 57.2. The molecule has 10 heteroatoms. The first kappa shape index (κ1) is 60.5. The van der Waals surface area contributed by atoms with Crippen LogP contribution in [0.25, 0.3) is 0 Å². The molecule has 9 nitrogen and oxygen atoms in total. The van der Waals surface area contributed by atoms with Gasteiger partial charge in [-0.3, -0.25) is 18.6 Å². The molecule has 0 spiro atoms. The second kappa shape index (κ2) is 44.6. The van der Waals surface area contributed by atoms with Crippen LogP contribution in [-0.2, 0) is 32.7 Å². The fourth-order valence-electron chi connectivity index (χ4n) is 6.61. The lowest BCUT2D eigenvalue weighted by atomic mass is 10.0. The maximum Gasteiger partial charge on any atom is 0.472 e. The highest BCUT2D eigenvalue weighted by atomic mass is 31.2. The lowest BCUT2D eigenvalue weighted by Gasteiger charge is -2.24. The molecule has 0 aliphatic heterocycles. The number of carbonyl (C=O) groups excluding carboxylic acids is 2. The van der Waals surface area contributed by atoms with Crippen LogP contribution in [0, 0.1) is 0 Å². The SMILES string of the molecule is CC/C=C\C/C=C\C/C=C\C/C=C\C/C=C\C/C=C\CCCCCCCCCCCCCCCCC(=O)OC(COC(=O)CCCCCCCC)COP(=O)(O)OCC[N+](C)(C)C. The molecule has 0 aliphatic rings. The second-order valence-electron chi connectivity index (χ2n) is 17.8. The maximum atomic E-state index is 12.7. The molecule has 0 aliphatic carbocycles. The number of hydrogen-bond donors (Lipinski definition) is 1. The van der Waals surface area contributed by atoms with Gasteiger partial charge in [-0.15, -0.1) is 0 Å². The molecule has 2 atom stereocenters. The first-order chi connectivity index (χ1) is 30.5. The molecule has 0 saturated carbocycles. The molecule has 0 heterocycles. The van der Waals surface area contributed by atoms with Crippen LogP contribution in [0.15, 0.2) is 72.9 Å². The molecule has 364 valence electrons. The number of esters is 2. The van der Waals surface area contributed by atoms with Crippen LogP contribution in [0.1, 0.15) is 200 Å². The molecular weight excluding hydrogens is 810 g/mol. The van der Waals surface area contributed by atoms with E-state index in [0.717, 1.165) is 83.5 Å². The highest BCUT2D eigenvalue weighted by molar-refractivity contribution is 7.47. The minimum atomic E-state index is -4.37. The van der Waals surface area contributed by atoms with Crippen molar-refractivity contribution >= 4 is 19.8 Å². The minimum absolute atomic E-state index is 0.0305. The van der Waals surface area contributed by atoms with Gasteiger partial charge in [-0.05, 0) is 64.2 Å². The Kier molecular flexibility index (Phi) is 42.8. The predicted octanol–water partition coefficient (Wildman–Crippen LogP) is 15.0. The number of ether oxygens (including phenoxy) is 2. The molecular formula is C53H95NO8P+. The van der Waals surface area contributed by atoms with E-state index < -0.39 is 26.5 Å². The topological polar surface area (TPSA) is 108 Å². The molecule has 0 aromatic carbocycles. The van der Waals surface area contributed by atoms with Gasteiger partial charge >= 0.3 is 19.8 Å². The Morgan fingerprint density at radius 3 is 1.35 bits per heavy atom. The van der Waals surface area contributed by atoms with Gasteiger partial charge in [0.15, 0.2) is 6.10 Å². The van der Waals surface area contributed by atoms with Crippen molar-refractivity contribution in [3.63, 3.8) is 0 Å². The normalized spacial score (nSPS) is 14.1. The number of quaternary nitrogens is 1. The van der Waals surface area contributed by atoms with E-state index in [1.165, 1.54) is 83.5 Å². The van der Waals surface area contributed by atoms with Crippen molar-refractivity contribution in [2.24, 2.45) is 0 Å². The van der Waals surface area contributed by atoms with Crippen LogP contribution in [0.4, 0.5) is 0 Å². The second-order valence-corrected chi connectivity index (χ2v) is 19.3. The Morgan fingerprint density at radius 2 is 0.905 bits per heavy atom. The number of phosphoric acid groups is 1. The van der Waals surface area contributed by atoms with Crippen molar-refractivity contribution < 1.29 is 42.1 Å². The van der Waals surface area contributed by atoms with E-state index >= 15 is 0 Å². The smallest absolute Gasteiger partial charge is 0.462 e. The van der Waals surface area contributed by atoms with Gasteiger partial charge in [0.1, 0.15) is 19.8 Å². The van der Waals surface area contributed by atoms with E-state index in [-0.39, 0.29) is 32.0 Å². The van der Waals surface area contributed by atoms with E-state index in [0.29, 0.717) is 17.4 Å². The Bertz CT molecular complexity index is 1300. The van der Waals surface area contributed by atoms with Gasteiger partial charge in [0.2, 0.25) is 0 Å². The summed E-state index contributed by atoms with van der Waals surface area (Å²) < 4.78 is 34.2. The first-order valence-corrected chi connectivity index (χ1v) is 26.7. The van der Waals surface area contributed by atoms with Crippen LogP contribution in [0.3, 0.4) is 0 Å². The monoisotopic (exact) mass is 905 g/mol. The lowest BCUT2D eigenvalue weighted by Crippen LogP contribution is -2.37. The molecule has 0 aromatic heterocycles. The van der Waals surface area contributed by atoms with Gasteiger partial charge in [0.05, 0.1) is 27.7 Å². The summed E-state index contributed by atoms with van der Waals surface area (Å²) in [5.41, 5.74) is 0. The number of rotatable bonds is 45. The van der Waals surface area contributed by atoms with Crippen LogP contribution < -0.4 is 0 Å². The number of phosphoric ester groups is 1. The van der Waals surface area contributed by atoms with Gasteiger partial charge in [0.25, 0.3) is 0 Å². The van der Waals surface area contributed by atoms with E-state index in [4.69, 9.17) is 18.5 Å². The Morgan fingerprint density at radius 1 is 0.508 bits per heavy atom. The van der Waals surface area contributed by atoms with Gasteiger partial charge in [0, 0.05) is 12.8 Å². The highest BCUT2D eigenvalue weighted by Crippen LogP contribution is 2.43. The van der Waals surface area contributed by atoms with E-state index in [1.807, 2.05) is 21.1 Å². The fourth-order valence-corrected chi connectivity index (χ4v) is 7.35. The number of carbonyl (C=O) groups is 2. The van der Waals surface area contributed by atoms with Crippen molar-refractivity contribution in [3.8, 4) is 0 Å². The average molecular weight is 905 g/mol. The maximum absolute atomic E-state index is 12.7. The lowest BCUT2D eigenvalue weighted by molar-refractivity contribution is -0.870. The molecule has 0 bridgehead atoms. The molecule has 0 radical (unpaired) electrons. The van der Waals surface area contributed by atoms with Crippen LogP contribution in [0.5, 0.6) is 0 Å². The molecule has 0 rings (SSSR count). The zero-order chi connectivity index (χ0) is 46.4. The quantitative estimate of drug-likeness (QED) is 0.0212. The van der Waals surface area contributed by atoms with Crippen molar-refractivity contribution in [2.75, 3.05) is 47.5 Å². The fraction of sp³-hybridized carbons (Fsp3) is 0.736. The standard InChI is InChI=1S/C53H94NO8P/c1-6-8-10-12-14-15-16-17-18-19-20-21-22-23-24-25-26-27-28-29-30-31-32-33-34-35-36-37-38-39-40-42-44-46-53(56)62-51(49-59-52(55)45-43-41-13-11-9-7-2)50-61-63(57,58)60-48-47-54(3,4)5/h8,10,14-15,17-18,20-21,23-24,26-27,51H,6-7,9,11-13,16,19,22,25,28-50H2,1-5H3/p+1/b10-8-,15-14-,18-17-,21-20-,24-23-,27-26-. The van der Waals surface area contributed by atoms with E-state index in [1.54, 1.807) is 0 Å². The molecule has 1 N–H and O–H groups in total. The number of hydrogen-bond acceptors (Lipinski definition) is 7. The van der Waals surface area contributed by atoms with Gasteiger partial charge < -0.3 is 18.9 Å². The molecule has 2 unspecified atom stereocenters. The number of likely N-dealkylation sites (N-methyl/N-ethyl adjacent to an activating group) is 1. The zero-order valence-corrected chi connectivity index (χ0v) is 41.9. The summed E-state index contributed by atoms with van der Waals surface area (Å²) in [6.45, 7) is 4.24. The van der Waals surface area contributed by atoms with Gasteiger partial charge in [-0.1, -0.05) is 196 Å². The predicted molar refractivity (Wildman–Crippen MR) is 266 cm³/mol. The summed E-state index contributed by atoms with van der Waals surface area (Å²) in [4.78, 5) is 35.2. The third-order valence-electron chi connectivity index (χ3n) is 10.5. The Labute approximate surface area is 387 Å². The number of nitrogens with zero attached hydrogens (tertiary/aromatic N) is 1. The summed E-state index contributed by atoms with van der Waals surface area (Å²) >= 11 is 0. The molecule has 0 fully saturated rings. The third-order valence-corrected chi connectivity index (χ3v) is 11.5. The molecule has 63 heavy (non-hydrogen) atoms. The van der Waals surface area contributed by atoms with Crippen LogP contribution in [0.2, 0.25) is 0 Å². The van der Waals surface area contributed by atoms with Crippen LogP contribution in [-0.4, -0.2) is 74.9 Å². The Balaban J connectivity index is 3.96. The van der Waals surface area contributed by atoms with Crippen LogP contribution >= 0.6 is 7.82 Å². The van der Waals surface area contributed by atoms with Crippen molar-refractivity contribution in [1.82, 2.24) is 0 Å². The summed E-state index contributed by atoms with van der Waals surface area (Å²) in [5, 5.41) is 0. The van der Waals surface area contributed by atoms with Crippen molar-refractivity contribution in [2.45, 2.75) is 206 Å². The first-order valence-electron chi connectivity index (χ1n) is 25.2. The minimum Gasteiger partial charge on any atom is -0.462 e. The van der Waals surface area contributed by atoms with Gasteiger partial charge in [-0.2, -0.15) is 0 Å². The average Bonchev–Trinajstić information content (AvgIpc) is 3.24. The van der Waals surface area contributed by atoms with E-state index in [9.17, 15) is 19.0 Å². The number of allylic oxidation sites excluding steroid dienone is 12. The van der Waals surface area contributed by atoms with E-state index in [2.05, 4.69) is 86.8 Å². The summed E-state index contributed by atoms with van der Waals surface area (Å²) in [5.74, 6) is -0.809. The molecule has 0 saturated heterocycles. The number of unbranched alkanes of at least 4 members (excludes halogenated alkanes) is 19.